The summed E-state index contributed by atoms with van der Waals surface area (Å²) in [5.74, 6) is -2.92. The van der Waals surface area contributed by atoms with Crippen LogP contribution in [0.1, 0.15) is 18.7 Å². The summed E-state index contributed by atoms with van der Waals surface area (Å²) in [6.45, 7) is 0.529. The molecule has 1 N–H and O–H groups in total. The fraction of sp³-hybridized carbons (Fsp3) is 0.368. The van der Waals surface area contributed by atoms with Crippen LogP contribution in [0.25, 0.3) is 11.3 Å². The molecule has 2 aromatic rings. The Morgan fingerprint density at radius 2 is 2.07 bits per heavy atom. The van der Waals surface area contributed by atoms with Crippen LogP contribution in [0, 0.1) is 11.6 Å². The van der Waals surface area contributed by atoms with Crippen LogP contribution in [0.5, 0.6) is 0 Å². The number of aromatic nitrogens is 1. The van der Waals surface area contributed by atoms with Gasteiger partial charge in [-0.25, -0.2) is 13.8 Å². The third-order valence-corrected chi connectivity index (χ3v) is 4.55. The molecule has 0 radical (unpaired) electrons. The van der Waals surface area contributed by atoms with Crippen molar-refractivity contribution in [2.24, 2.45) is 0 Å². The van der Waals surface area contributed by atoms with Gasteiger partial charge < -0.3 is 19.4 Å². The predicted octanol–water partition coefficient (Wildman–Crippen LogP) is 1.44. The number of amides is 2. The molecule has 0 spiro atoms. The van der Waals surface area contributed by atoms with E-state index in [1.807, 2.05) is 0 Å². The van der Waals surface area contributed by atoms with Crippen molar-refractivity contribution in [3.8, 4) is 11.3 Å². The van der Waals surface area contributed by atoms with Crippen molar-refractivity contribution in [2.45, 2.75) is 25.3 Å². The Hall–Kier alpha value is -3.30. The van der Waals surface area contributed by atoms with Crippen molar-refractivity contribution >= 4 is 17.8 Å². The molecule has 1 aromatic heterocycles. The maximum absolute atomic E-state index is 13.9. The maximum atomic E-state index is 13.9. The first-order valence-electron chi connectivity index (χ1n) is 8.93. The van der Waals surface area contributed by atoms with E-state index >= 15 is 0 Å². The molecule has 1 fully saturated rings. The van der Waals surface area contributed by atoms with Crippen molar-refractivity contribution in [3.05, 3.63) is 41.9 Å². The standard InChI is InChI=1S/C19H19F2N3O5/c1-28-17(26)9-13-19(27)22-7-8-24(13)16(25)6-5-15-23-10-14(29-15)18-11(20)3-2-4-12(18)21/h2-4,10,13H,5-9H2,1H3,(H,22,27)/t13-/m0/s1. The van der Waals surface area contributed by atoms with Crippen molar-refractivity contribution < 1.29 is 32.3 Å². The van der Waals surface area contributed by atoms with Gasteiger partial charge in [0.25, 0.3) is 0 Å². The van der Waals surface area contributed by atoms with Gasteiger partial charge in [-0.15, -0.1) is 0 Å². The highest BCUT2D eigenvalue weighted by atomic mass is 19.1. The number of nitrogens with zero attached hydrogens (tertiary/aromatic N) is 2. The molecule has 0 aliphatic carbocycles. The SMILES string of the molecule is COC(=O)C[C@H]1C(=O)NCCN1C(=O)CCc1ncc(-c2c(F)cccc2F)o1. The van der Waals surface area contributed by atoms with Gasteiger partial charge in [0.15, 0.2) is 11.7 Å². The molecule has 0 saturated carbocycles. The Labute approximate surface area is 164 Å². The molecule has 1 aliphatic rings. The summed E-state index contributed by atoms with van der Waals surface area (Å²) in [5, 5.41) is 2.61. The molecule has 1 aromatic carbocycles. The summed E-state index contributed by atoms with van der Waals surface area (Å²) in [5.41, 5.74) is -0.330. The summed E-state index contributed by atoms with van der Waals surface area (Å²) in [4.78, 5) is 41.4. The average Bonchev–Trinajstić information content (AvgIpc) is 3.16. The summed E-state index contributed by atoms with van der Waals surface area (Å²) in [7, 11) is 1.20. The van der Waals surface area contributed by atoms with Gasteiger partial charge in [0.1, 0.15) is 17.7 Å². The first kappa shape index (κ1) is 20.4. The Morgan fingerprint density at radius 3 is 2.76 bits per heavy atom. The Morgan fingerprint density at radius 1 is 1.34 bits per heavy atom. The van der Waals surface area contributed by atoms with Crippen LogP contribution in [0.4, 0.5) is 8.78 Å². The van der Waals surface area contributed by atoms with Crippen molar-refractivity contribution in [2.75, 3.05) is 20.2 Å². The van der Waals surface area contributed by atoms with Crippen molar-refractivity contribution in [1.29, 1.82) is 0 Å². The molecule has 0 bridgehead atoms. The minimum absolute atomic E-state index is 0.0509. The smallest absolute Gasteiger partial charge is 0.308 e. The van der Waals surface area contributed by atoms with E-state index < -0.39 is 29.6 Å². The zero-order valence-corrected chi connectivity index (χ0v) is 15.6. The minimum atomic E-state index is -0.948. The molecule has 2 heterocycles. The van der Waals surface area contributed by atoms with Gasteiger partial charge in [0.2, 0.25) is 11.8 Å². The summed E-state index contributed by atoms with van der Waals surface area (Å²) in [6, 6.07) is 2.50. The van der Waals surface area contributed by atoms with Crippen LogP contribution < -0.4 is 5.32 Å². The number of halogens is 2. The molecule has 0 unspecified atom stereocenters. The summed E-state index contributed by atoms with van der Waals surface area (Å²) in [6.07, 6.45) is 0.960. The minimum Gasteiger partial charge on any atom is -0.469 e. The highest BCUT2D eigenvalue weighted by Gasteiger charge is 2.34. The molecular weight excluding hydrogens is 388 g/mol. The molecule has 10 heteroatoms. The van der Waals surface area contributed by atoms with Gasteiger partial charge in [-0.05, 0) is 12.1 Å². The van der Waals surface area contributed by atoms with Gasteiger partial charge in [-0.3, -0.25) is 14.4 Å². The number of benzene rings is 1. The molecule has 2 amide bonds. The van der Waals surface area contributed by atoms with Crippen LogP contribution in [0.3, 0.4) is 0 Å². The Bertz CT molecular complexity index is 910. The quantitative estimate of drug-likeness (QED) is 0.728. The highest BCUT2D eigenvalue weighted by molar-refractivity contribution is 5.91. The number of hydrogen-bond donors (Lipinski definition) is 1. The lowest BCUT2D eigenvalue weighted by Crippen LogP contribution is -2.57. The highest BCUT2D eigenvalue weighted by Crippen LogP contribution is 2.27. The first-order valence-corrected chi connectivity index (χ1v) is 8.93. The molecule has 1 aliphatic heterocycles. The monoisotopic (exact) mass is 407 g/mol. The normalized spacial score (nSPS) is 16.4. The number of oxazole rings is 1. The number of aryl methyl sites for hydroxylation is 1. The maximum Gasteiger partial charge on any atom is 0.308 e. The molecule has 29 heavy (non-hydrogen) atoms. The average molecular weight is 407 g/mol. The topological polar surface area (TPSA) is 102 Å². The second kappa shape index (κ2) is 8.80. The zero-order chi connectivity index (χ0) is 21.0. The number of methoxy groups -OCH3 is 1. The third kappa shape index (κ3) is 4.58. The Kier molecular flexibility index (Phi) is 6.20. The van der Waals surface area contributed by atoms with Gasteiger partial charge >= 0.3 is 5.97 Å². The van der Waals surface area contributed by atoms with Crippen LogP contribution in [-0.2, 0) is 25.5 Å². The first-order chi connectivity index (χ1) is 13.9. The van der Waals surface area contributed by atoms with E-state index in [1.165, 1.54) is 24.3 Å². The number of carbonyl (C=O) groups is 3. The van der Waals surface area contributed by atoms with Crippen LogP contribution >= 0.6 is 0 Å². The van der Waals surface area contributed by atoms with E-state index in [1.54, 1.807) is 0 Å². The number of nitrogens with one attached hydrogen (secondary N) is 1. The number of hydrogen-bond acceptors (Lipinski definition) is 6. The van der Waals surface area contributed by atoms with E-state index in [0.29, 0.717) is 0 Å². The second-order valence-corrected chi connectivity index (χ2v) is 6.39. The van der Waals surface area contributed by atoms with Crippen molar-refractivity contribution in [3.63, 3.8) is 0 Å². The molecule has 1 saturated heterocycles. The predicted molar refractivity (Wildman–Crippen MR) is 95.3 cm³/mol. The van der Waals surface area contributed by atoms with Crippen molar-refractivity contribution in [1.82, 2.24) is 15.2 Å². The number of esters is 1. The van der Waals surface area contributed by atoms with Crippen LogP contribution in [-0.4, -0.2) is 53.9 Å². The third-order valence-electron chi connectivity index (χ3n) is 4.55. The summed E-state index contributed by atoms with van der Waals surface area (Å²) < 4.78 is 37.7. The molecule has 154 valence electrons. The van der Waals surface area contributed by atoms with Crippen LogP contribution in [0.15, 0.2) is 28.8 Å². The second-order valence-electron chi connectivity index (χ2n) is 6.39. The van der Waals surface area contributed by atoms with E-state index in [9.17, 15) is 23.2 Å². The van der Waals surface area contributed by atoms with E-state index in [0.717, 1.165) is 12.1 Å². The lowest BCUT2D eigenvalue weighted by Gasteiger charge is -2.34. The number of piperazine rings is 1. The zero-order valence-electron chi connectivity index (χ0n) is 15.6. The number of rotatable bonds is 6. The molecule has 1 atom stereocenters. The molecule has 8 nitrogen and oxygen atoms in total. The molecule has 3 rings (SSSR count). The van der Waals surface area contributed by atoms with Gasteiger partial charge in [-0.2, -0.15) is 0 Å². The van der Waals surface area contributed by atoms with E-state index in [-0.39, 0.29) is 55.5 Å². The lowest BCUT2D eigenvalue weighted by molar-refractivity contribution is -0.150. The Balaban J connectivity index is 1.66. The fourth-order valence-corrected chi connectivity index (χ4v) is 3.09. The largest absolute Gasteiger partial charge is 0.469 e. The lowest BCUT2D eigenvalue weighted by atomic mass is 10.1. The van der Waals surface area contributed by atoms with Crippen LogP contribution in [0.2, 0.25) is 0 Å². The van der Waals surface area contributed by atoms with E-state index in [4.69, 9.17) is 4.42 Å². The van der Waals surface area contributed by atoms with Gasteiger partial charge in [-0.1, -0.05) is 6.07 Å². The number of ether oxygens (including phenoxy) is 1. The fourth-order valence-electron chi connectivity index (χ4n) is 3.09. The molecular formula is C19H19F2N3O5. The summed E-state index contributed by atoms with van der Waals surface area (Å²) >= 11 is 0. The number of carbonyl (C=O) groups excluding carboxylic acids is 3. The van der Waals surface area contributed by atoms with Gasteiger partial charge in [0, 0.05) is 25.9 Å². The van der Waals surface area contributed by atoms with Gasteiger partial charge in [0.05, 0.1) is 25.3 Å². The van der Waals surface area contributed by atoms with E-state index in [2.05, 4.69) is 15.0 Å².